The molecule has 0 spiro atoms. The van der Waals surface area contributed by atoms with Gasteiger partial charge in [-0.2, -0.15) is 4.99 Å². The highest BCUT2D eigenvalue weighted by molar-refractivity contribution is 6.10. The van der Waals surface area contributed by atoms with Gasteiger partial charge in [-0.25, -0.2) is 5.01 Å². The van der Waals surface area contributed by atoms with E-state index in [0.29, 0.717) is 12.4 Å². The molecule has 3 heterocycles. The summed E-state index contributed by atoms with van der Waals surface area (Å²) in [6, 6.07) is 9.42. The first kappa shape index (κ1) is 13.2. The van der Waals surface area contributed by atoms with E-state index in [0.717, 1.165) is 24.6 Å². The van der Waals surface area contributed by atoms with Gasteiger partial charge in [-0.15, -0.1) is 0 Å². The summed E-state index contributed by atoms with van der Waals surface area (Å²) in [6.07, 6.45) is 7.03. The van der Waals surface area contributed by atoms with Gasteiger partial charge in [0.2, 0.25) is 6.67 Å². The summed E-state index contributed by atoms with van der Waals surface area (Å²) in [5, 5.41) is 7.31. The van der Waals surface area contributed by atoms with Crippen molar-refractivity contribution < 1.29 is 4.79 Å². The Balaban J connectivity index is 1.45. The topological polar surface area (TPSA) is 53.8 Å². The van der Waals surface area contributed by atoms with E-state index in [1.165, 1.54) is 6.42 Å². The zero-order chi connectivity index (χ0) is 14.9. The number of benzene rings is 1. The molecule has 0 unspecified atom stereocenters. The Kier molecular flexibility index (Phi) is 3.25. The summed E-state index contributed by atoms with van der Waals surface area (Å²) in [4.78, 5) is 18.7. The van der Waals surface area contributed by atoms with Crippen LogP contribution in [-0.4, -0.2) is 41.5 Å². The lowest BCUT2D eigenvalue weighted by atomic mass is 10.3. The summed E-state index contributed by atoms with van der Waals surface area (Å²) in [5.41, 5.74) is 1.21. The molecule has 1 aromatic carbocycles. The van der Waals surface area contributed by atoms with E-state index in [9.17, 15) is 4.79 Å². The van der Waals surface area contributed by atoms with E-state index < -0.39 is 0 Å². The number of hydrogen-bond acceptors (Lipinski definition) is 5. The van der Waals surface area contributed by atoms with E-state index in [1.54, 1.807) is 0 Å². The number of para-hydroxylation sites is 1. The van der Waals surface area contributed by atoms with E-state index in [-0.39, 0.29) is 5.91 Å². The fourth-order valence-electron chi connectivity index (χ4n) is 2.60. The van der Waals surface area contributed by atoms with Crippen LogP contribution < -0.4 is 10.2 Å². The summed E-state index contributed by atoms with van der Waals surface area (Å²) in [5.74, 6) is 0.631. The van der Waals surface area contributed by atoms with Crippen molar-refractivity contribution in [3.05, 3.63) is 54.5 Å². The fraction of sp³-hybridized carbons (Fsp3) is 0.250. The first-order valence-electron chi connectivity index (χ1n) is 7.43. The SMILES string of the molecule is O=C(Nc1ccccc1)C1=C[N+]2CN(N3CCC3)C=CC2=N1. The molecule has 6 nitrogen and oxygen atoms in total. The normalized spacial score (nSPS) is 21.0. The number of carbonyl (C=O) groups is 1. The third kappa shape index (κ3) is 2.43. The number of aliphatic imine (C=N–C) groups is 1. The largest absolute Gasteiger partial charge is 0.320 e. The Labute approximate surface area is 129 Å². The molecule has 0 aliphatic carbocycles. The van der Waals surface area contributed by atoms with Gasteiger partial charge in [0.25, 0.3) is 11.7 Å². The highest BCUT2D eigenvalue weighted by atomic mass is 16.2. The van der Waals surface area contributed by atoms with E-state index >= 15 is 0 Å². The summed E-state index contributed by atoms with van der Waals surface area (Å²) >= 11 is 0. The van der Waals surface area contributed by atoms with Gasteiger partial charge in [0.05, 0.1) is 0 Å². The molecule has 3 aliphatic rings. The van der Waals surface area contributed by atoms with Crippen LogP contribution >= 0.6 is 0 Å². The monoisotopic (exact) mass is 295 g/mol. The molecule has 1 radical (unpaired) electrons. The summed E-state index contributed by atoms with van der Waals surface area (Å²) < 4.78 is 0. The molecule has 3 aliphatic heterocycles. The average molecular weight is 295 g/mol. The molecule has 0 bridgehead atoms. The van der Waals surface area contributed by atoms with Crippen LogP contribution in [0.15, 0.2) is 59.5 Å². The lowest BCUT2D eigenvalue weighted by Gasteiger charge is -2.39. The minimum absolute atomic E-state index is 0.183. The molecular weight excluding hydrogens is 278 g/mol. The molecule has 0 saturated carbocycles. The van der Waals surface area contributed by atoms with Gasteiger partial charge in [-0.3, -0.25) is 9.80 Å². The first-order valence-corrected chi connectivity index (χ1v) is 7.43. The Bertz CT molecular complexity index is 675. The van der Waals surface area contributed by atoms with Gasteiger partial charge < -0.3 is 5.32 Å². The second-order valence-electron chi connectivity index (χ2n) is 5.48. The maximum absolute atomic E-state index is 12.3. The number of rotatable bonds is 3. The van der Waals surface area contributed by atoms with Crippen LogP contribution in [0.4, 0.5) is 5.69 Å². The minimum atomic E-state index is -0.183. The van der Waals surface area contributed by atoms with Gasteiger partial charge in [0.1, 0.15) is 0 Å². The number of fused-ring (bicyclic) bond motifs is 1. The molecule has 1 aromatic rings. The third-order valence-corrected chi connectivity index (χ3v) is 3.96. The van der Waals surface area contributed by atoms with Crippen molar-refractivity contribution in [2.75, 3.05) is 25.1 Å². The van der Waals surface area contributed by atoms with Gasteiger partial charge in [-0.1, -0.05) is 23.1 Å². The Morgan fingerprint density at radius 3 is 2.77 bits per heavy atom. The Morgan fingerprint density at radius 2 is 2.05 bits per heavy atom. The van der Waals surface area contributed by atoms with Crippen LogP contribution in [0.5, 0.6) is 0 Å². The number of carbonyl (C=O) groups excluding carboxylic acids is 1. The number of anilines is 1. The van der Waals surface area contributed by atoms with Crippen molar-refractivity contribution in [2.45, 2.75) is 6.42 Å². The van der Waals surface area contributed by atoms with Crippen LogP contribution in [-0.2, 0) is 4.79 Å². The zero-order valence-electron chi connectivity index (χ0n) is 12.1. The standard InChI is InChI=1S/C16H17N5O/c22-16(17-13-5-2-1-3-6-13)14-11-19-12-21(20-8-4-9-20)10-7-15(19)18-14/h1-3,5-7,10-11H,4,8-9,12H2,(H,17,22)/q+1. The molecule has 1 amide bonds. The van der Waals surface area contributed by atoms with Crippen molar-refractivity contribution >= 4 is 17.4 Å². The van der Waals surface area contributed by atoms with Crippen LogP contribution in [0.1, 0.15) is 6.42 Å². The van der Waals surface area contributed by atoms with Crippen molar-refractivity contribution in [3.8, 4) is 0 Å². The van der Waals surface area contributed by atoms with Crippen molar-refractivity contribution in [2.24, 2.45) is 4.99 Å². The van der Waals surface area contributed by atoms with Gasteiger partial charge >= 0.3 is 0 Å². The molecule has 0 aromatic heterocycles. The third-order valence-electron chi connectivity index (χ3n) is 3.96. The van der Waals surface area contributed by atoms with Crippen LogP contribution in [0.25, 0.3) is 0 Å². The molecule has 22 heavy (non-hydrogen) atoms. The quantitative estimate of drug-likeness (QED) is 0.858. The molecule has 1 fully saturated rings. The molecule has 1 N–H and O–H groups in total. The molecule has 0 atom stereocenters. The van der Waals surface area contributed by atoms with Crippen LogP contribution in [0.2, 0.25) is 0 Å². The Morgan fingerprint density at radius 1 is 1.23 bits per heavy atom. The van der Waals surface area contributed by atoms with Gasteiger partial charge in [0.15, 0.2) is 11.9 Å². The molecule has 1 saturated heterocycles. The van der Waals surface area contributed by atoms with E-state index in [2.05, 4.69) is 20.3 Å². The number of hydrogen-bond donors (Lipinski definition) is 1. The van der Waals surface area contributed by atoms with Crippen molar-refractivity contribution in [1.29, 1.82) is 0 Å². The lowest BCUT2D eigenvalue weighted by molar-refractivity contribution is -0.112. The number of amides is 1. The predicted molar refractivity (Wildman–Crippen MR) is 84.8 cm³/mol. The maximum Gasteiger partial charge on any atom is 0.285 e. The minimum Gasteiger partial charge on any atom is -0.320 e. The second-order valence-corrected chi connectivity index (χ2v) is 5.48. The van der Waals surface area contributed by atoms with Crippen LogP contribution in [0.3, 0.4) is 0 Å². The number of nitrogens with zero attached hydrogens (tertiary/aromatic N) is 4. The van der Waals surface area contributed by atoms with Gasteiger partial charge in [0, 0.05) is 31.1 Å². The molecular formula is C16H17N5O+. The fourth-order valence-corrected chi connectivity index (χ4v) is 2.60. The smallest absolute Gasteiger partial charge is 0.285 e. The first-order chi connectivity index (χ1) is 10.8. The van der Waals surface area contributed by atoms with Gasteiger partial charge in [-0.05, 0) is 18.6 Å². The molecule has 6 heteroatoms. The number of nitrogens with one attached hydrogen (secondary N) is 1. The number of hydrazine groups is 1. The number of amidine groups is 1. The molecule has 4 rings (SSSR count). The maximum atomic E-state index is 12.3. The average Bonchev–Trinajstić information content (AvgIpc) is 2.90. The Hall–Kier alpha value is -2.44. The highest BCUT2D eigenvalue weighted by Gasteiger charge is 2.37. The van der Waals surface area contributed by atoms with Crippen molar-refractivity contribution in [1.82, 2.24) is 14.9 Å². The summed E-state index contributed by atoms with van der Waals surface area (Å²) in [7, 11) is 0. The van der Waals surface area contributed by atoms with E-state index in [1.807, 2.05) is 53.7 Å². The van der Waals surface area contributed by atoms with Crippen LogP contribution in [0, 0.1) is 0 Å². The highest BCUT2D eigenvalue weighted by Crippen LogP contribution is 2.20. The van der Waals surface area contributed by atoms with Crippen molar-refractivity contribution in [3.63, 3.8) is 0 Å². The lowest BCUT2D eigenvalue weighted by Crippen LogP contribution is -2.54. The predicted octanol–water partition coefficient (Wildman–Crippen LogP) is 1.43. The molecule has 111 valence electrons. The second kappa shape index (κ2) is 5.40. The zero-order valence-corrected chi connectivity index (χ0v) is 12.1. The summed E-state index contributed by atoms with van der Waals surface area (Å²) in [6.45, 7) is 2.89. The van der Waals surface area contributed by atoms with E-state index in [4.69, 9.17) is 0 Å².